The van der Waals surface area contributed by atoms with Crippen LogP contribution in [0.3, 0.4) is 0 Å². The summed E-state index contributed by atoms with van der Waals surface area (Å²) in [5.74, 6) is 0.414. The number of rotatable bonds is 3. The summed E-state index contributed by atoms with van der Waals surface area (Å²) in [6.45, 7) is 3.98. The van der Waals surface area contributed by atoms with Gasteiger partial charge in [-0.25, -0.2) is 0 Å². The Morgan fingerprint density at radius 1 is 1.62 bits per heavy atom. The first-order valence-corrected chi connectivity index (χ1v) is 2.87. The fourth-order valence-electron chi connectivity index (χ4n) is 0.559. The summed E-state index contributed by atoms with van der Waals surface area (Å²) in [7, 11) is 0. The number of hydrogen-bond donors (Lipinski definition) is 0. The summed E-state index contributed by atoms with van der Waals surface area (Å²) in [4.78, 5) is 9.86. The molecule has 0 bridgehead atoms. The van der Waals surface area contributed by atoms with Crippen LogP contribution in [-0.4, -0.2) is 6.29 Å². The lowest BCUT2D eigenvalue weighted by atomic mass is 10.1. The van der Waals surface area contributed by atoms with Gasteiger partial charge in [0.1, 0.15) is 6.29 Å². The van der Waals surface area contributed by atoms with Gasteiger partial charge in [0, 0.05) is 6.42 Å². The minimum atomic E-state index is 0.414. The maximum atomic E-state index is 9.86. The molecule has 8 heavy (non-hydrogen) atoms. The van der Waals surface area contributed by atoms with E-state index in [1.165, 1.54) is 0 Å². The Morgan fingerprint density at radius 3 is 2.62 bits per heavy atom. The average Bonchev–Trinajstić information content (AvgIpc) is 1.68. The predicted octanol–water partition coefficient (Wildman–Crippen LogP) is 1.79. The predicted molar refractivity (Wildman–Crippen MR) is 34.7 cm³/mol. The Morgan fingerprint density at radius 2 is 2.25 bits per heavy atom. The molecule has 1 heteroatoms. The summed E-state index contributed by atoms with van der Waals surface area (Å²) < 4.78 is 0. The van der Waals surface area contributed by atoms with E-state index >= 15 is 0 Å². The first-order valence-electron chi connectivity index (χ1n) is 2.87. The topological polar surface area (TPSA) is 17.1 Å². The van der Waals surface area contributed by atoms with E-state index < -0.39 is 0 Å². The van der Waals surface area contributed by atoms with Gasteiger partial charge in [-0.05, 0) is 12.8 Å². The van der Waals surface area contributed by atoms with Crippen LogP contribution in [0.25, 0.3) is 0 Å². The van der Waals surface area contributed by atoms with Crippen molar-refractivity contribution in [2.45, 2.75) is 20.3 Å². The van der Waals surface area contributed by atoms with Gasteiger partial charge in [-0.1, -0.05) is 19.1 Å². The molecular weight excluding hydrogens is 100 g/mol. The molecule has 1 unspecified atom stereocenters. The van der Waals surface area contributed by atoms with Crippen molar-refractivity contribution in [3.05, 3.63) is 12.2 Å². The van der Waals surface area contributed by atoms with Gasteiger partial charge in [-0.2, -0.15) is 0 Å². The molecule has 0 fully saturated rings. The SMILES string of the molecule is C/C=C/C(C)CC=O. The van der Waals surface area contributed by atoms with Crippen molar-refractivity contribution >= 4 is 6.29 Å². The van der Waals surface area contributed by atoms with Crippen LogP contribution in [0, 0.1) is 5.92 Å². The number of carbonyl (C=O) groups excluding carboxylic acids is 1. The van der Waals surface area contributed by atoms with Gasteiger partial charge in [0.15, 0.2) is 0 Å². The number of aldehydes is 1. The van der Waals surface area contributed by atoms with Crippen LogP contribution in [0.5, 0.6) is 0 Å². The molecule has 0 radical (unpaired) electrons. The third-order valence-electron chi connectivity index (χ3n) is 0.989. The lowest BCUT2D eigenvalue weighted by Gasteiger charge is -1.94. The summed E-state index contributed by atoms with van der Waals surface area (Å²) in [6.07, 6.45) is 5.58. The molecule has 0 heterocycles. The summed E-state index contributed by atoms with van der Waals surface area (Å²) in [5.41, 5.74) is 0. The second-order valence-electron chi connectivity index (χ2n) is 1.91. The van der Waals surface area contributed by atoms with Gasteiger partial charge in [-0.15, -0.1) is 0 Å². The lowest BCUT2D eigenvalue weighted by Crippen LogP contribution is -1.88. The van der Waals surface area contributed by atoms with Crippen LogP contribution < -0.4 is 0 Å². The zero-order valence-corrected chi connectivity index (χ0v) is 5.42. The van der Waals surface area contributed by atoms with Crippen LogP contribution in [0.1, 0.15) is 20.3 Å². The molecule has 0 aliphatic heterocycles. The molecule has 0 rings (SSSR count). The standard InChI is InChI=1S/C7H12O/c1-3-4-7(2)5-6-8/h3-4,6-7H,5H2,1-2H3/b4-3+. The highest BCUT2D eigenvalue weighted by atomic mass is 16.1. The summed E-state index contributed by atoms with van der Waals surface area (Å²) in [5, 5.41) is 0. The molecule has 0 aromatic rings. The molecule has 0 aliphatic carbocycles. The lowest BCUT2D eigenvalue weighted by molar-refractivity contribution is -0.108. The molecule has 0 aliphatic rings. The zero-order chi connectivity index (χ0) is 6.41. The molecule has 0 aromatic heterocycles. The first kappa shape index (κ1) is 7.41. The Balaban J connectivity index is 3.31. The maximum absolute atomic E-state index is 9.86. The monoisotopic (exact) mass is 112 g/mol. The highest BCUT2D eigenvalue weighted by molar-refractivity contribution is 5.50. The van der Waals surface area contributed by atoms with Crippen molar-refractivity contribution in [1.29, 1.82) is 0 Å². The van der Waals surface area contributed by atoms with Crippen molar-refractivity contribution in [3.63, 3.8) is 0 Å². The van der Waals surface area contributed by atoms with E-state index in [9.17, 15) is 4.79 Å². The molecular formula is C7H12O. The normalized spacial score (nSPS) is 14.2. The van der Waals surface area contributed by atoms with E-state index in [2.05, 4.69) is 0 Å². The third-order valence-corrected chi connectivity index (χ3v) is 0.989. The van der Waals surface area contributed by atoms with Crippen molar-refractivity contribution in [2.75, 3.05) is 0 Å². The molecule has 0 saturated carbocycles. The molecule has 1 atom stereocenters. The summed E-state index contributed by atoms with van der Waals surface area (Å²) >= 11 is 0. The van der Waals surface area contributed by atoms with Crippen molar-refractivity contribution in [2.24, 2.45) is 5.92 Å². The second kappa shape index (κ2) is 4.57. The van der Waals surface area contributed by atoms with Crippen LogP contribution >= 0.6 is 0 Å². The maximum Gasteiger partial charge on any atom is 0.120 e. The Bertz CT molecular complexity index is 84.4. The van der Waals surface area contributed by atoms with Gasteiger partial charge in [0.05, 0.1) is 0 Å². The molecule has 0 saturated heterocycles. The second-order valence-corrected chi connectivity index (χ2v) is 1.91. The van der Waals surface area contributed by atoms with Crippen LogP contribution in [0.2, 0.25) is 0 Å². The van der Waals surface area contributed by atoms with Crippen LogP contribution in [0.4, 0.5) is 0 Å². The quantitative estimate of drug-likeness (QED) is 0.402. The Kier molecular flexibility index (Phi) is 4.23. The highest BCUT2D eigenvalue weighted by Crippen LogP contribution is 1.99. The van der Waals surface area contributed by atoms with E-state index in [-0.39, 0.29) is 0 Å². The third kappa shape index (κ3) is 3.59. The molecule has 46 valence electrons. The van der Waals surface area contributed by atoms with Crippen molar-refractivity contribution < 1.29 is 4.79 Å². The van der Waals surface area contributed by atoms with E-state index in [4.69, 9.17) is 0 Å². The van der Waals surface area contributed by atoms with E-state index in [0.29, 0.717) is 12.3 Å². The van der Waals surface area contributed by atoms with E-state index in [1.54, 1.807) is 0 Å². The number of allylic oxidation sites excluding steroid dienone is 2. The fraction of sp³-hybridized carbons (Fsp3) is 0.571. The molecule has 0 spiro atoms. The van der Waals surface area contributed by atoms with Gasteiger partial charge in [0.25, 0.3) is 0 Å². The van der Waals surface area contributed by atoms with Gasteiger partial charge in [0.2, 0.25) is 0 Å². The smallest absolute Gasteiger partial charge is 0.120 e. The zero-order valence-electron chi connectivity index (χ0n) is 5.42. The van der Waals surface area contributed by atoms with Gasteiger partial charge < -0.3 is 4.79 Å². The highest BCUT2D eigenvalue weighted by Gasteiger charge is 1.90. The summed E-state index contributed by atoms with van der Waals surface area (Å²) in [6, 6.07) is 0. The van der Waals surface area contributed by atoms with Crippen molar-refractivity contribution in [3.8, 4) is 0 Å². The van der Waals surface area contributed by atoms with Crippen LogP contribution in [-0.2, 0) is 4.79 Å². The number of hydrogen-bond acceptors (Lipinski definition) is 1. The van der Waals surface area contributed by atoms with Gasteiger partial charge in [-0.3, -0.25) is 0 Å². The molecule has 1 nitrogen and oxygen atoms in total. The number of carbonyl (C=O) groups is 1. The van der Waals surface area contributed by atoms with Crippen LogP contribution in [0.15, 0.2) is 12.2 Å². The van der Waals surface area contributed by atoms with Gasteiger partial charge >= 0.3 is 0 Å². The van der Waals surface area contributed by atoms with Crippen molar-refractivity contribution in [1.82, 2.24) is 0 Å². The Labute approximate surface area is 50.4 Å². The molecule has 0 N–H and O–H groups in total. The minimum Gasteiger partial charge on any atom is -0.303 e. The average molecular weight is 112 g/mol. The minimum absolute atomic E-state index is 0.414. The molecule has 0 amide bonds. The fourth-order valence-corrected chi connectivity index (χ4v) is 0.559. The first-order chi connectivity index (χ1) is 3.81. The largest absolute Gasteiger partial charge is 0.303 e. The Hall–Kier alpha value is -0.590. The van der Waals surface area contributed by atoms with E-state index in [0.717, 1.165) is 6.29 Å². The van der Waals surface area contributed by atoms with E-state index in [1.807, 2.05) is 26.0 Å². The molecule has 0 aromatic carbocycles.